The van der Waals surface area contributed by atoms with Crippen LogP contribution in [0, 0.1) is 12.7 Å². The van der Waals surface area contributed by atoms with Crippen LogP contribution in [0.5, 0.6) is 11.6 Å². The second-order valence-corrected chi connectivity index (χ2v) is 4.23. The minimum absolute atomic E-state index is 0.0482. The smallest absolute Gasteiger partial charge is 0.255 e. The van der Waals surface area contributed by atoms with E-state index in [1.165, 1.54) is 16.9 Å². The Kier molecular flexibility index (Phi) is 3.03. The van der Waals surface area contributed by atoms with Gasteiger partial charge in [-0.05, 0) is 19.1 Å². The van der Waals surface area contributed by atoms with Crippen molar-refractivity contribution in [1.82, 2.24) is 19.6 Å². The third-order valence-corrected chi connectivity index (χ3v) is 2.84. The van der Waals surface area contributed by atoms with Crippen molar-refractivity contribution in [1.29, 1.82) is 0 Å². The molecule has 2 heterocycles. The molecule has 0 spiro atoms. The summed E-state index contributed by atoms with van der Waals surface area (Å²) in [5.41, 5.74) is 6.60. The van der Waals surface area contributed by atoms with E-state index >= 15 is 0 Å². The molecule has 3 rings (SSSR count). The summed E-state index contributed by atoms with van der Waals surface area (Å²) in [7, 11) is 0. The standard InChI is InChI=1S/C13H12FN5O/c1-8-5-12(19-13(18-8)16-7-17-19)20-11-4-2-3-10(14)9(11)6-15/h2-5,7H,6,15H2,1H3. The number of aryl methyl sites for hydroxylation is 1. The summed E-state index contributed by atoms with van der Waals surface area (Å²) in [5, 5.41) is 4.03. The van der Waals surface area contributed by atoms with Crippen LogP contribution >= 0.6 is 0 Å². The third kappa shape index (κ3) is 2.08. The van der Waals surface area contributed by atoms with E-state index in [9.17, 15) is 4.39 Å². The highest BCUT2D eigenvalue weighted by molar-refractivity contribution is 5.40. The molecule has 0 bridgehead atoms. The maximum Gasteiger partial charge on any atom is 0.255 e. The van der Waals surface area contributed by atoms with Gasteiger partial charge in [-0.2, -0.15) is 14.6 Å². The number of rotatable bonds is 3. The van der Waals surface area contributed by atoms with Gasteiger partial charge >= 0.3 is 0 Å². The van der Waals surface area contributed by atoms with Crippen molar-refractivity contribution in [2.45, 2.75) is 13.5 Å². The largest absolute Gasteiger partial charge is 0.438 e. The van der Waals surface area contributed by atoms with Crippen molar-refractivity contribution >= 4 is 5.78 Å². The summed E-state index contributed by atoms with van der Waals surface area (Å²) in [5.74, 6) is 0.788. The number of aromatic nitrogens is 4. The zero-order chi connectivity index (χ0) is 14.1. The molecule has 0 fully saturated rings. The molecule has 0 saturated carbocycles. The first-order valence-electron chi connectivity index (χ1n) is 6.01. The Morgan fingerprint density at radius 3 is 3.05 bits per heavy atom. The second-order valence-electron chi connectivity index (χ2n) is 4.23. The first-order chi connectivity index (χ1) is 9.69. The summed E-state index contributed by atoms with van der Waals surface area (Å²) >= 11 is 0. The van der Waals surface area contributed by atoms with Gasteiger partial charge in [0.25, 0.3) is 5.78 Å². The highest BCUT2D eigenvalue weighted by atomic mass is 19.1. The summed E-state index contributed by atoms with van der Waals surface area (Å²) in [6.07, 6.45) is 1.38. The van der Waals surface area contributed by atoms with Gasteiger partial charge in [0.1, 0.15) is 17.9 Å². The lowest BCUT2D eigenvalue weighted by molar-refractivity contribution is 0.434. The van der Waals surface area contributed by atoms with Crippen molar-refractivity contribution in [3.63, 3.8) is 0 Å². The minimum Gasteiger partial charge on any atom is -0.438 e. The van der Waals surface area contributed by atoms with E-state index in [0.29, 0.717) is 23.0 Å². The average Bonchev–Trinajstić information content (AvgIpc) is 2.87. The Morgan fingerprint density at radius 2 is 2.25 bits per heavy atom. The van der Waals surface area contributed by atoms with Crippen molar-refractivity contribution < 1.29 is 9.13 Å². The maximum atomic E-state index is 13.7. The van der Waals surface area contributed by atoms with Gasteiger partial charge in [0, 0.05) is 23.9 Å². The van der Waals surface area contributed by atoms with E-state index < -0.39 is 5.82 Å². The lowest BCUT2D eigenvalue weighted by Gasteiger charge is -2.11. The molecule has 20 heavy (non-hydrogen) atoms. The molecule has 0 unspecified atom stereocenters. The first kappa shape index (κ1) is 12.5. The van der Waals surface area contributed by atoms with Gasteiger partial charge in [-0.25, -0.2) is 9.37 Å². The van der Waals surface area contributed by atoms with Crippen LogP contribution in [0.15, 0.2) is 30.6 Å². The molecule has 102 valence electrons. The fourth-order valence-corrected chi connectivity index (χ4v) is 1.91. The molecule has 2 N–H and O–H groups in total. The fraction of sp³-hybridized carbons (Fsp3) is 0.154. The molecule has 0 aliphatic carbocycles. The molecular formula is C13H12FN5O. The third-order valence-electron chi connectivity index (χ3n) is 2.84. The van der Waals surface area contributed by atoms with E-state index in [0.717, 1.165) is 5.69 Å². The van der Waals surface area contributed by atoms with Crippen LogP contribution in [0.1, 0.15) is 11.3 Å². The number of fused-ring (bicyclic) bond motifs is 1. The highest BCUT2D eigenvalue weighted by Gasteiger charge is 2.12. The Hall–Kier alpha value is -2.54. The van der Waals surface area contributed by atoms with Gasteiger partial charge in [0.2, 0.25) is 5.88 Å². The lowest BCUT2D eigenvalue weighted by Crippen LogP contribution is -2.05. The first-order valence-corrected chi connectivity index (χ1v) is 6.01. The lowest BCUT2D eigenvalue weighted by atomic mass is 10.2. The molecule has 0 amide bonds. The number of hydrogen-bond donors (Lipinski definition) is 1. The highest BCUT2D eigenvalue weighted by Crippen LogP contribution is 2.27. The van der Waals surface area contributed by atoms with Crippen LogP contribution in [-0.4, -0.2) is 19.6 Å². The molecule has 3 aromatic rings. The summed E-state index contributed by atoms with van der Waals surface area (Å²) in [4.78, 5) is 8.21. The van der Waals surface area contributed by atoms with Crippen LogP contribution < -0.4 is 10.5 Å². The van der Waals surface area contributed by atoms with Gasteiger partial charge in [0.15, 0.2) is 0 Å². The SMILES string of the molecule is Cc1cc(Oc2cccc(F)c2CN)n2ncnc2n1. The van der Waals surface area contributed by atoms with E-state index in [2.05, 4.69) is 15.1 Å². The van der Waals surface area contributed by atoms with Gasteiger partial charge in [-0.1, -0.05) is 6.07 Å². The van der Waals surface area contributed by atoms with Crippen molar-refractivity contribution in [3.05, 3.63) is 47.7 Å². The molecule has 2 aromatic heterocycles. The molecule has 6 nitrogen and oxygen atoms in total. The Morgan fingerprint density at radius 1 is 1.40 bits per heavy atom. The van der Waals surface area contributed by atoms with Crippen molar-refractivity contribution in [2.24, 2.45) is 5.73 Å². The van der Waals surface area contributed by atoms with Crippen LogP contribution in [-0.2, 0) is 6.54 Å². The second kappa shape index (κ2) is 4.86. The number of hydrogen-bond acceptors (Lipinski definition) is 5. The van der Waals surface area contributed by atoms with E-state index in [1.807, 2.05) is 6.92 Å². The predicted molar refractivity (Wildman–Crippen MR) is 69.9 cm³/mol. The molecule has 0 aliphatic rings. The Bertz CT molecular complexity index is 771. The quantitative estimate of drug-likeness (QED) is 0.787. The van der Waals surface area contributed by atoms with Crippen LogP contribution in [0.25, 0.3) is 5.78 Å². The number of halogens is 1. The molecule has 0 aliphatic heterocycles. The normalized spacial score (nSPS) is 10.9. The van der Waals surface area contributed by atoms with E-state index in [-0.39, 0.29) is 6.54 Å². The number of ether oxygens (including phenoxy) is 1. The van der Waals surface area contributed by atoms with E-state index in [1.54, 1.807) is 18.2 Å². The van der Waals surface area contributed by atoms with E-state index in [4.69, 9.17) is 10.5 Å². The van der Waals surface area contributed by atoms with Crippen LogP contribution in [0.2, 0.25) is 0 Å². The predicted octanol–water partition coefficient (Wildman–Crippen LogP) is 1.82. The summed E-state index contributed by atoms with van der Waals surface area (Å²) in [6, 6.07) is 6.27. The number of nitrogens with zero attached hydrogens (tertiary/aromatic N) is 4. The van der Waals surface area contributed by atoms with Gasteiger partial charge < -0.3 is 10.5 Å². The Balaban J connectivity index is 2.10. The summed E-state index contributed by atoms with van der Waals surface area (Å²) in [6.45, 7) is 1.86. The number of benzene rings is 1. The van der Waals surface area contributed by atoms with Gasteiger partial charge in [-0.3, -0.25) is 0 Å². The maximum absolute atomic E-state index is 13.7. The average molecular weight is 273 g/mol. The molecule has 0 radical (unpaired) electrons. The van der Waals surface area contributed by atoms with Gasteiger partial charge in [0.05, 0.1) is 0 Å². The minimum atomic E-state index is -0.398. The molecular weight excluding hydrogens is 261 g/mol. The van der Waals surface area contributed by atoms with Crippen molar-refractivity contribution in [3.8, 4) is 11.6 Å². The Labute approximate surface area is 114 Å². The zero-order valence-corrected chi connectivity index (χ0v) is 10.7. The monoisotopic (exact) mass is 273 g/mol. The topological polar surface area (TPSA) is 78.3 Å². The zero-order valence-electron chi connectivity index (χ0n) is 10.7. The van der Waals surface area contributed by atoms with Crippen molar-refractivity contribution in [2.75, 3.05) is 0 Å². The molecule has 7 heteroatoms. The molecule has 0 atom stereocenters. The number of nitrogens with two attached hydrogens (primary N) is 1. The summed E-state index contributed by atoms with van der Waals surface area (Å²) < 4.78 is 20.9. The van der Waals surface area contributed by atoms with Crippen LogP contribution in [0.4, 0.5) is 4.39 Å². The fourth-order valence-electron chi connectivity index (χ4n) is 1.91. The molecule has 0 saturated heterocycles. The van der Waals surface area contributed by atoms with Crippen LogP contribution in [0.3, 0.4) is 0 Å². The van der Waals surface area contributed by atoms with Gasteiger partial charge in [-0.15, -0.1) is 0 Å². The molecule has 1 aromatic carbocycles.